The molecule has 0 saturated heterocycles. The highest BCUT2D eigenvalue weighted by Gasteiger charge is 2.19. The van der Waals surface area contributed by atoms with Crippen LogP contribution in [0.4, 0.5) is 5.69 Å². The molecule has 0 bridgehead atoms. The summed E-state index contributed by atoms with van der Waals surface area (Å²) < 4.78 is 0. The van der Waals surface area contributed by atoms with Crippen molar-refractivity contribution in [1.29, 1.82) is 0 Å². The van der Waals surface area contributed by atoms with Crippen molar-refractivity contribution in [1.82, 2.24) is 5.32 Å². The maximum absolute atomic E-state index is 12.1. The standard InChI is InChI=1S/C18H26N2O2/c1-6-11-19-17(22)10-12-20(15(5)21)18-14(4)8-7-9-16(18)13(2)3/h6-9,13H,1,10-12H2,2-5H3,(H,19,22). The summed E-state index contributed by atoms with van der Waals surface area (Å²) >= 11 is 0. The maximum atomic E-state index is 12.1. The number of carbonyl (C=O) groups excluding carboxylic acids is 2. The van der Waals surface area contributed by atoms with Gasteiger partial charge in [0.05, 0.1) is 0 Å². The molecule has 0 heterocycles. The summed E-state index contributed by atoms with van der Waals surface area (Å²) in [6, 6.07) is 6.04. The zero-order chi connectivity index (χ0) is 16.7. The number of hydrogen-bond acceptors (Lipinski definition) is 2. The van der Waals surface area contributed by atoms with E-state index in [1.165, 1.54) is 6.92 Å². The Balaban J connectivity index is 2.99. The van der Waals surface area contributed by atoms with Crippen LogP contribution in [-0.2, 0) is 9.59 Å². The summed E-state index contributed by atoms with van der Waals surface area (Å²) in [5, 5.41) is 2.74. The van der Waals surface area contributed by atoms with Gasteiger partial charge in [-0.15, -0.1) is 6.58 Å². The van der Waals surface area contributed by atoms with E-state index in [1.807, 2.05) is 25.1 Å². The number of amides is 2. The quantitative estimate of drug-likeness (QED) is 0.787. The molecule has 1 aromatic carbocycles. The van der Waals surface area contributed by atoms with Crippen molar-refractivity contribution in [2.45, 2.75) is 40.0 Å². The first kappa shape index (κ1) is 18.0. The van der Waals surface area contributed by atoms with Crippen LogP contribution in [0.1, 0.15) is 44.2 Å². The monoisotopic (exact) mass is 302 g/mol. The number of nitrogens with one attached hydrogen (secondary N) is 1. The van der Waals surface area contributed by atoms with Crippen molar-refractivity contribution in [2.75, 3.05) is 18.0 Å². The van der Waals surface area contributed by atoms with Crippen LogP contribution in [-0.4, -0.2) is 24.9 Å². The van der Waals surface area contributed by atoms with Crippen LogP contribution in [0.2, 0.25) is 0 Å². The summed E-state index contributed by atoms with van der Waals surface area (Å²) in [5.41, 5.74) is 3.11. The third-order valence-electron chi connectivity index (χ3n) is 3.55. The van der Waals surface area contributed by atoms with Gasteiger partial charge in [-0.25, -0.2) is 0 Å². The van der Waals surface area contributed by atoms with Crippen molar-refractivity contribution in [3.63, 3.8) is 0 Å². The number of nitrogens with zero attached hydrogens (tertiary/aromatic N) is 1. The Morgan fingerprint density at radius 1 is 1.36 bits per heavy atom. The Bertz CT molecular complexity index is 550. The summed E-state index contributed by atoms with van der Waals surface area (Å²) in [6.07, 6.45) is 1.91. The van der Waals surface area contributed by atoms with Crippen LogP contribution in [0, 0.1) is 6.92 Å². The minimum atomic E-state index is -0.0779. The topological polar surface area (TPSA) is 49.4 Å². The lowest BCUT2D eigenvalue weighted by atomic mass is 9.97. The van der Waals surface area contributed by atoms with Gasteiger partial charge in [-0.1, -0.05) is 38.1 Å². The Hall–Kier alpha value is -2.10. The Morgan fingerprint density at radius 3 is 2.59 bits per heavy atom. The summed E-state index contributed by atoms with van der Waals surface area (Å²) in [4.78, 5) is 25.5. The molecule has 0 aliphatic heterocycles. The van der Waals surface area contributed by atoms with Gasteiger partial charge in [0.1, 0.15) is 0 Å². The SMILES string of the molecule is C=CCNC(=O)CCN(C(C)=O)c1c(C)cccc1C(C)C. The van der Waals surface area contributed by atoms with Gasteiger partial charge in [0.25, 0.3) is 0 Å². The van der Waals surface area contributed by atoms with E-state index in [0.717, 1.165) is 16.8 Å². The molecule has 0 radical (unpaired) electrons. The highest BCUT2D eigenvalue weighted by molar-refractivity contribution is 5.94. The highest BCUT2D eigenvalue weighted by atomic mass is 16.2. The van der Waals surface area contributed by atoms with Gasteiger partial charge in [-0.3, -0.25) is 9.59 Å². The van der Waals surface area contributed by atoms with Crippen molar-refractivity contribution >= 4 is 17.5 Å². The molecule has 2 amide bonds. The van der Waals surface area contributed by atoms with Crippen LogP contribution in [0.25, 0.3) is 0 Å². The van der Waals surface area contributed by atoms with Crippen LogP contribution in [0.15, 0.2) is 30.9 Å². The summed E-state index contributed by atoms with van der Waals surface area (Å²) in [7, 11) is 0. The molecule has 120 valence electrons. The van der Waals surface area contributed by atoms with Gasteiger partial charge in [0.2, 0.25) is 11.8 Å². The van der Waals surface area contributed by atoms with Gasteiger partial charge < -0.3 is 10.2 Å². The molecule has 0 fully saturated rings. The summed E-state index contributed by atoms with van der Waals surface area (Å²) in [6.45, 7) is 12.1. The number of rotatable bonds is 7. The fourth-order valence-corrected chi connectivity index (χ4v) is 2.43. The van der Waals surface area contributed by atoms with Gasteiger partial charge in [-0.2, -0.15) is 0 Å². The summed E-state index contributed by atoms with van der Waals surface area (Å²) in [5.74, 6) is 0.185. The van der Waals surface area contributed by atoms with Crippen molar-refractivity contribution in [2.24, 2.45) is 0 Å². The molecule has 0 aliphatic rings. The molecule has 0 saturated carbocycles. The molecule has 0 atom stereocenters. The van der Waals surface area contributed by atoms with E-state index in [-0.39, 0.29) is 18.2 Å². The third-order valence-corrected chi connectivity index (χ3v) is 3.55. The first-order chi connectivity index (χ1) is 10.4. The average molecular weight is 302 g/mol. The molecule has 0 aromatic heterocycles. The van der Waals surface area contributed by atoms with Gasteiger partial charge in [0.15, 0.2) is 0 Å². The number of carbonyl (C=O) groups is 2. The van der Waals surface area contributed by atoms with Crippen LogP contribution >= 0.6 is 0 Å². The molecule has 22 heavy (non-hydrogen) atoms. The minimum absolute atomic E-state index is 0.0484. The molecular weight excluding hydrogens is 276 g/mol. The van der Waals surface area contributed by atoms with Gasteiger partial charge in [0, 0.05) is 32.1 Å². The maximum Gasteiger partial charge on any atom is 0.223 e. The number of anilines is 1. The third kappa shape index (κ3) is 4.72. The Labute approximate surface area is 133 Å². The van der Waals surface area contributed by atoms with E-state index in [2.05, 4.69) is 25.7 Å². The molecule has 0 unspecified atom stereocenters. The lowest BCUT2D eigenvalue weighted by Gasteiger charge is -2.27. The first-order valence-electron chi connectivity index (χ1n) is 7.63. The second-order valence-electron chi connectivity index (χ2n) is 5.68. The smallest absolute Gasteiger partial charge is 0.223 e. The van der Waals surface area contributed by atoms with E-state index in [1.54, 1.807) is 11.0 Å². The van der Waals surface area contributed by atoms with Crippen LogP contribution < -0.4 is 10.2 Å². The number of benzene rings is 1. The van der Waals surface area contributed by atoms with Gasteiger partial charge >= 0.3 is 0 Å². The first-order valence-corrected chi connectivity index (χ1v) is 7.63. The number of hydrogen-bond donors (Lipinski definition) is 1. The van der Waals surface area contributed by atoms with Crippen LogP contribution in [0.3, 0.4) is 0 Å². The number of para-hydroxylation sites is 1. The lowest BCUT2D eigenvalue weighted by Crippen LogP contribution is -2.35. The largest absolute Gasteiger partial charge is 0.353 e. The Morgan fingerprint density at radius 2 is 2.05 bits per heavy atom. The van der Waals surface area contributed by atoms with E-state index < -0.39 is 0 Å². The fourth-order valence-electron chi connectivity index (χ4n) is 2.43. The van der Waals surface area contributed by atoms with E-state index >= 15 is 0 Å². The molecule has 1 rings (SSSR count). The molecule has 0 spiro atoms. The Kier molecular flexibility index (Phi) is 6.83. The predicted octanol–water partition coefficient (Wildman–Crippen LogP) is 3.16. The predicted molar refractivity (Wildman–Crippen MR) is 91.1 cm³/mol. The zero-order valence-corrected chi connectivity index (χ0v) is 14.0. The second-order valence-corrected chi connectivity index (χ2v) is 5.68. The zero-order valence-electron chi connectivity index (χ0n) is 14.0. The van der Waals surface area contributed by atoms with Crippen LogP contribution in [0.5, 0.6) is 0 Å². The molecule has 0 aliphatic carbocycles. The average Bonchev–Trinajstić information content (AvgIpc) is 2.46. The normalized spacial score (nSPS) is 10.4. The molecule has 1 aromatic rings. The van der Waals surface area contributed by atoms with Gasteiger partial charge in [-0.05, 0) is 24.0 Å². The molecule has 4 nitrogen and oxygen atoms in total. The van der Waals surface area contributed by atoms with Crippen molar-refractivity contribution in [3.8, 4) is 0 Å². The van der Waals surface area contributed by atoms with Crippen molar-refractivity contribution < 1.29 is 9.59 Å². The van der Waals surface area contributed by atoms with E-state index in [4.69, 9.17) is 0 Å². The molecule has 4 heteroatoms. The van der Waals surface area contributed by atoms with Crippen molar-refractivity contribution in [3.05, 3.63) is 42.0 Å². The second kappa shape index (κ2) is 8.37. The number of aryl methyl sites for hydroxylation is 1. The molecule has 1 N–H and O–H groups in total. The van der Waals surface area contributed by atoms with E-state index in [9.17, 15) is 9.59 Å². The lowest BCUT2D eigenvalue weighted by molar-refractivity contribution is -0.120. The fraction of sp³-hybridized carbons (Fsp3) is 0.444. The highest BCUT2D eigenvalue weighted by Crippen LogP contribution is 2.31. The minimum Gasteiger partial charge on any atom is -0.353 e. The molecular formula is C18H26N2O2. The van der Waals surface area contributed by atoms with E-state index in [0.29, 0.717) is 19.0 Å².